The van der Waals surface area contributed by atoms with Crippen LogP contribution in [0.25, 0.3) is 22.1 Å². The molecule has 0 aliphatic rings. The van der Waals surface area contributed by atoms with E-state index in [-0.39, 0.29) is 11.2 Å². The number of aromatic hydroxyl groups is 1. The first-order valence-electron chi connectivity index (χ1n) is 8.53. The van der Waals surface area contributed by atoms with Crippen molar-refractivity contribution < 1.29 is 9.52 Å². The van der Waals surface area contributed by atoms with Crippen molar-refractivity contribution >= 4 is 11.0 Å². The molecule has 1 aromatic heterocycles. The van der Waals surface area contributed by atoms with Gasteiger partial charge < -0.3 is 9.52 Å². The SMILES string of the molecule is CCCCCCc1cc2c(=O)c(-c3ccccc3)coc2cc1O. The molecule has 3 nitrogen and oxygen atoms in total. The van der Waals surface area contributed by atoms with E-state index in [0.29, 0.717) is 16.5 Å². The second-order valence-corrected chi connectivity index (χ2v) is 6.13. The number of hydrogen-bond donors (Lipinski definition) is 1. The minimum Gasteiger partial charge on any atom is -0.508 e. The highest BCUT2D eigenvalue weighted by molar-refractivity contribution is 5.83. The van der Waals surface area contributed by atoms with Crippen LogP contribution in [0.1, 0.15) is 38.2 Å². The Balaban J connectivity index is 2.00. The average Bonchev–Trinajstić information content (AvgIpc) is 2.60. The van der Waals surface area contributed by atoms with Crippen molar-refractivity contribution in [2.45, 2.75) is 39.0 Å². The maximum atomic E-state index is 12.8. The molecule has 3 aromatic rings. The summed E-state index contributed by atoms with van der Waals surface area (Å²) in [5.41, 5.74) is 2.57. The molecule has 0 aliphatic heterocycles. The fourth-order valence-electron chi connectivity index (χ4n) is 2.97. The number of unbranched alkanes of at least 4 members (excludes halogenated alkanes) is 3. The number of hydrogen-bond acceptors (Lipinski definition) is 3. The van der Waals surface area contributed by atoms with Crippen LogP contribution in [-0.2, 0) is 6.42 Å². The van der Waals surface area contributed by atoms with Crippen LogP contribution in [0.15, 0.2) is 57.9 Å². The lowest BCUT2D eigenvalue weighted by Gasteiger charge is -2.08. The van der Waals surface area contributed by atoms with Gasteiger partial charge in [0.1, 0.15) is 17.6 Å². The summed E-state index contributed by atoms with van der Waals surface area (Å²) in [5.74, 6) is 0.203. The molecule has 0 aliphatic carbocycles. The minimum atomic E-state index is -0.0581. The van der Waals surface area contributed by atoms with Crippen molar-refractivity contribution in [3.8, 4) is 16.9 Å². The third-order valence-corrected chi connectivity index (χ3v) is 4.36. The molecule has 1 heterocycles. The van der Waals surface area contributed by atoms with Crippen molar-refractivity contribution in [3.63, 3.8) is 0 Å². The van der Waals surface area contributed by atoms with Gasteiger partial charge in [-0.1, -0.05) is 56.5 Å². The highest BCUT2D eigenvalue weighted by atomic mass is 16.3. The van der Waals surface area contributed by atoms with E-state index in [1.807, 2.05) is 30.3 Å². The second kappa shape index (κ2) is 7.35. The molecule has 0 fully saturated rings. The minimum absolute atomic E-state index is 0.0581. The van der Waals surface area contributed by atoms with Crippen LogP contribution in [0.4, 0.5) is 0 Å². The number of rotatable bonds is 6. The maximum Gasteiger partial charge on any atom is 0.200 e. The molecule has 2 aromatic carbocycles. The quantitative estimate of drug-likeness (QED) is 0.627. The van der Waals surface area contributed by atoms with Gasteiger partial charge in [-0.2, -0.15) is 0 Å². The molecule has 3 rings (SSSR count). The molecule has 1 N–H and O–H groups in total. The maximum absolute atomic E-state index is 12.8. The molecule has 0 unspecified atom stereocenters. The lowest BCUT2D eigenvalue weighted by molar-refractivity contribution is 0.465. The lowest BCUT2D eigenvalue weighted by Crippen LogP contribution is -2.05. The van der Waals surface area contributed by atoms with Crippen molar-refractivity contribution in [1.82, 2.24) is 0 Å². The van der Waals surface area contributed by atoms with Gasteiger partial charge in [0.15, 0.2) is 0 Å². The van der Waals surface area contributed by atoms with Gasteiger partial charge in [-0.3, -0.25) is 4.79 Å². The van der Waals surface area contributed by atoms with Crippen molar-refractivity contribution in [1.29, 1.82) is 0 Å². The van der Waals surface area contributed by atoms with Crippen molar-refractivity contribution in [3.05, 3.63) is 64.5 Å². The molecule has 0 bridgehead atoms. The zero-order valence-electron chi connectivity index (χ0n) is 13.9. The number of aryl methyl sites for hydroxylation is 1. The lowest BCUT2D eigenvalue weighted by atomic mass is 10.0. The van der Waals surface area contributed by atoms with Gasteiger partial charge >= 0.3 is 0 Å². The van der Waals surface area contributed by atoms with Crippen LogP contribution >= 0.6 is 0 Å². The van der Waals surface area contributed by atoms with Crippen LogP contribution < -0.4 is 5.43 Å². The largest absolute Gasteiger partial charge is 0.508 e. The zero-order valence-corrected chi connectivity index (χ0v) is 13.9. The summed E-state index contributed by atoms with van der Waals surface area (Å²) in [5, 5.41) is 10.7. The third kappa shape index (κ3) is 3.35. The Morgan fingerprint density at radius 1 is 1.04 bits per heavy atom. The molecule has 0 atom stereocenters. The Labute approximate surface area is 141 Å². The Kier molecular flexibility index (Phi) is 4.99. The van der Waals surface area contributed by atoms with Crippen LogP contribution in [0.2, 0.25) is 0 Å². The molecule has 0 saturated carbocycles. The van der Waals surface area contributed by atoms with Gasteiger partial charge in [0.05, 0.1) is 10.9 Å². The molecule has 0 spiro atoms. The van der Waals surface area contributed by atoms with E-state index in [0.717, 1.165) is 30.4 Å². The van der Waals surface area contributed by atoms with Crippen molar-refractivity contribution in [2.75, 3.05) is 0 Å². The van der Waals surface area contributed by atoms with E-state index in [2.05, 4.69) is 6.92 Å². The van der Waals surface area contributed by atoms with E-state index in [1.54, 1.807) is 12.1 Å². The summed E-state index contributed by atoms with van der Waals surface area (Å²) in [4.78, 5) is 12.8. The zero-order chi connectivity index (χ0) is 16.9. The fraction of sp³-hybridized carbons (Fsp3) is 0.286. The normalized spacial score (nSPS) is 11.0. The molecule has 0 radical (unpaired) electrons. The summed E-state index contributed by atoms with van der Waals surface area (Å²) in [7, 11) is 0. The first-order valence-corrected chi connectivity index (χ1v) is 8.53. The molecular weight excluding hydrogens is 300 g/mol. The van der Waals surface area contributed by atoms with E-state index in [1.165, 1.54) is 19.1 Å². The summed E-state index contributed by atoms with van der Waals surface area (Å²) in [6.07, 6.45) is 6.75. The number of benzene rings is 2. The summed E-state index contributed by atoms with van der Waals surface area (Å²) in [6.45, 7) is 2.17. The fourth-order valence-corrected chi connectivity index (χ4v) is 2.97. The van der Waals surface area contributed by atoms with Gasteiger partial charge in [-0.25, -0.2) is 0 Å². The van der Waals surface area contributed by atoms with Crippen LogP contribution in [0.3, 0.4) is 0 Å². The molecule has 3 heteroatoms. The average molecular weight is 322 g/mol. The molecule has 124 valence electrons. The van der Waals surface area contributed by atoms with Crippen LogP contribution in [0.5, 0.6) is 5.75 Å². The molecule has 0 amide bonds. The number of phenols is 1. The van der Waals surface area contributed by atoms with E-state index in [4.69, 9.17) is 4.42 Å². The standard InChI is InChI=1S/C21H22O3/c1-2-3-4-6-11-16-12-17-20(13-19(16)22)24-14-18(21(17)23)15-9-7-5-8-10-15/h5,7-10,12-14,22H,2-4,6,11H2,1H3. The van der Waals surface area contributed by atoms with Crippen molar-refractivity contribution in [2.24, 2.45) is 0 Å². The van der Waals surface area contributed by atoms with Crippen LogP contribution in [0, 0.1) is 0 Å². The third-order valence-electron chi connectivity index (χ3n) is 4.36. The molecule has 0 saturated heterocycles. The number of fused-ring (bicyclic) bond motifs is 1. The van der Waals surface area contributed by atoms with E-state index >= 15 is 0 Å². The Morgan fingerprint density at radius 2 is 1.83 bits per heavy atom. The van der Waals surface area contributed by atoms with Gasteiger partial charge in [0, 0.05) is 6.07 Å². The van der Waals surface area contributed by atoms with Crippen LogP contribution in [-0.4, -0.2) is 5.11 Å². The smallest absolute Gasteiger partial charge is 0.200 e. The van der Waals surface area contributed by atoms with Gasteiger partial charge in [-0.05, 0) is 30.0 Å². The topological polar surface area (TPSA) is 50.4 Å². The Morgan fingerprint density at radius 3 is 2.58 bits per heavy atom. The monoisotopic (exact) mass is 322 g/mol. The second-order valence-electron chi connectivity index (χ2n) is 6.13. The Bertz CT molecular complexity index is 879. The van der Waals surface area contributed by atoms with Gasteiger partial charge in [0.2, 0.25) is 5.43 Å². The highest BCUT2D eigenvalue weighted by Gasteiger charge is 2.12. The predicted octanol–water partition coefficient (Wildman–Crippen LogP) is 5.29. The first-order chi connectivity index (χ1) is 11.7. The molecular formula is C21H22O3. The summed E-state index contributed by atoms with van der Waals surface area (Å²) >= 11 is 0. The van der Waals surface area contributed by atoms with Gasteiger partial charge in [-0.15, -0.1) is 0 Å². The highest BCUT2D eigenvalue weighted by Crippen LogP contribution is 2.27. The first kappa shape index (κ1) is 16.3. The van der Waals surface area contributed by atoms with E-state index < -0.39 is 0 Å². The molecule has 24 heavy (non-hydrogen) atoms. The van der Waals surface area contributed by atoms with Gasteiger partial charge in [0.25, 0.3) is 0 Å². The number of phenolic OH excluding ortho intramolecular Hbond substituents is 1. The Hall–Kier alpha value is -2.55. The summed E-state index contributed by atoms with van der Waals surface area (Å²) < 4.78 is 5.60. The predicted molar refractivity (Wildman–Crippen MR) is 97.4 cm³/mol. The summed E-state index contributed by atoms with van der Waals surface area (Å²) in [6, 6.07) is 12.8. The van der Waals surface area contributed by atoms with E-state index in [9.17, 15) is 9.90 Å².